The number of carboxylic acid groups (broad SMARTS) is 1. The Morgan fingerprint density at radius 3 is 2.88 bits per heavy atom. The van der Waals surface area contributed by atoms with Crippen molar-refractivity contribution in [3.63, 3.8) is 0 Å². The van der Waals surface area contributed by atoms with E-state index in [1.165, 1.54) is 0 Å². The predicted molar refractivity (Wildman–Crippen MR) is 61.3 cm³/mol. The lowest BCUT2D eigenvalue weighted by molar-refractivity contribution is -0.137. The summed E-state index contributed by atoms with van der Waals surface area (Å²) in [6.45, 7) is 0.364. The molecule has 16 heavy (non-hydrogen) atoms. The van der Waals surface area contributed by atoms with Crippen LogP contribution in [0.3, 0.4) is 0 Å². The second-order valence-electron chi connectivity index (χ2n) is 3.45. The third-order valence-corrected chi connectivity index (χ3v) is 2.54. The molecule has 0 aromatic heterocycles. The molecule has 0 heterocycles. The highest BCUT2D eigenvalue weighted by Gasteiger charge is 2.17. The topological polar surface area (TPSA) is 72.5 Å². The van der Waals surface area contributed by atoms with Gasteiger partial charge >= 0.3 is 5.97 Å². The van der Waals surface area contributed by atoms with Gasteiger partial charge in [0.15, 0.2) is 0 Å². The van der Waals surface area contributed by atoms with Crippen LogP contribution in [0.2, 0.25) is 5.02 Å². The van der Waals surface area contributed by atoms with Crippen molar-refractivity contribution in [2.75, 3.05) is 7.11 Å². The number of hydrogen-bond donors (Lipinski definition) is 2. The second kappa shape index (κ2) is 5.84. The molecule has 5 heteroatoms. The van der Waals surface area contributed by atoms with Crippen LogP contribution < -0.4 is 5.73 Å². The van der Waals surface area contributed by atoms with Crippen LogP contribution in [0.5, 0.6) is 0 Å². The van der Waals surface area contributed by atoms with Crippen molar-refractivity contribution in [2.45, 2.75) is 19.1 Å². The average Bonchev–Trinajstić information content (AvgIpc) is 2.16. The van der Waals surface area contributed by atoms with Gasteiger partial charge in [0.25, 0.3) is 0 Å². The molecule has 1 aromatic carbocycles. The van der Waals surface area contributed by atoms with E-state index in [9.17, 15) is 4.79 Å². The van der Waals surface area contributed by atoms with E-state index in [0.717, 1.165) is 5.56 Å². The highest BCUT2D eigenvalue weighted by atomic mass is 35.5. The summed E-state index contributed by atoms with van der Waals surface area (Å²) < 4.78 is 5.02. The van der Waals surface area contributed by atoms with E-state index >= 15 is 0 Å². The zero-order valence-corrected chi connectivity index (χ0v) is 9.70. The largest absolute Gasteiger partial charge is 0.481 e. The second-order valence-corrected chi connectivity index (χ2v) is 3.86. The Bertz CT molecular complexity index is 381. The summed E-state index contributed by atoms with van der Waals surface area (Å²) in [7, 11) is 1.56. The molecule has 0 saturated carbocycles. The summed E-state index contributed by atoms with van der Waals surface area (Å²) in [5.41, 5.74) is 7.28. The SMILES string of the molecule is COCc1cccc(Cl)c1C(N)CC(=O)O. The molecule has 0 radical (unpaired) electrons. The molecule has 4 nitrogen and oxygen atoms in total. The zero-order chi connectivity index (χ0) is 12.1. The Labute approximate surface area is 99.0 Å². The number of aliphatic carboxylic acids is 1. The van der Waals surface area contributed by atoms with Gasteiger partial charge in [0.2, 0.25) is 0 Å². The van der Waals surface area contributed by atoms with Crippen molar-refractivity contribution >= 4 is 17.6 Å². The Balaban J connectivity index is 3.03. The third kappa shape index (κ3) is 3.20. The van der Waals surface area contributed by atoms with Crippen molar-refractivity contribution in [1.82, 2.24) is 0 Å². The molecule has 0 amide bonds. The van der Waals surface area contributed by atoms with Crippen molar-refractivity contribution in [2.24, 2.45) is 5.73 Å². The predicted octanol–water partition coefficient (Wildman–Crippen LogP) is 1.96. The van der Waals surface area contributed by atoms with Gasteiger partial charge in [-0.15, -0.1) is 0 Å². The van der Waals surface area contributed by atoms with E-state index in [1.54, 1.807) is 19.2 Å². The lowest BCUT2D eigenvalue weighted by atomic mass is 9.99. The summed E-state index contributed by atoms with van der Waals surface area (Å²) in [6, 6.07) is 4.69. The van der Waals surface area contributed by atoms with Crippen LogP contribution in [-0.4, -0.2) is 18.2 Å². The number of ether oxygens (including phenoxy) is 1. The van der Waals surface area contributed by atoms with Gasteiger partial charge in [-0.2, -0.15) is 0 Å². The van der Waals surface area contributed by atoms with E-state index in [4.69, 9.17) is 27.2 Å². The Hall–Kier alpha value is -1.10. The molecule has 1 unspecified atom stereocenters. The molecular formula is C11H14ClNO3. The first kappa shape index (κ1) is 13.0. The fourth-order valence-corrected chi connectivity index (χ4v) is 1.90. The molecule has 0 bridgehead atoms. The molecule has 0 aliphatic heterocycles. The summed E-state index contributed by atoms with van der Waals surface area (Å²) in [4.78, 5) is 10.6. The number of carboxylic acids is 1. The molecule has 88 valence electrons. The van der Waals surface area contributed by atoms with Crippen LogP contribution in [0.1, 0.15) is 23.6 Å². The first-order valence-electron chi connectivity index (χ1n) is 4.80. The lowest BCUT2D eigenvalue weighted by Crippen LogP contribution is -2.17. The standard InChI is InChI=1S/C11H14ClNO3/c1-16-6-7-3-2-4-8(12)11(7)9(13)5-10(14)15/h2-4,9H,5-6,13H2,1H3,(H,14,15). The molecule has 0 fully saturated rings. The van der Waals surface area contributed by atoms with Gasteiger partial charge in [0, 0.05) is 18.2 Å². The van der Waals surface area contributed by atoms with E-state index in [1.807, 2.05) is 6.07 Å². The molecule has 1 rings (SSSR count). The maximum Gasteiger partial charge on any atom is 0.305 e. The number of rotatable bonds is 5. The maximum absolute atomic E-state index is 10.6. The minimum atomic E-state index is -0.948. The summed E-state index contributed by atoms with van der Waals surface area (Å²) in [5.74, 6) is -0.948. The first-order valence-corrected chi connectivity index (χ1v) is 5.17. The van der Waals surface area contributed by atoms with E-state index in [2.05, 4.69) is 0 Å². The number of halogens is 1. The number of hydrogen-bond acceptors (Lipinski definition) is 3. The Kier molecular flexibility index (Phi) is 4.73. The molecule has 0 saturated heterocycles. The molecule has 0 spiro atoms. The lowest BCUT2D eigenvalue weighted by Gasteiger charge is -2.16. The Morgan fingerprint density at radius 1 is 1.62 bits per heavy atom. The number of nitrogens with two attached hydrogens (primary N) is 1. The van der Waals surface area contributed by atoms with Crippen molar-refractivity contribution in [3.8, 4) is 0 Å². The van der Waals surface area contributed by atoms with Crippen LogP contribution in [0.25, 0.3) is 0 Å². The van der Waals surface area contributed by atoms with Crippen LogP contribution in [0.15, 0.2) is 18.2 Å². The average molecular weight is 244 g/mol. The fraction of sp³-hybridized carbons (Fsp3) is 0.364. The van der Waals surface area contributed by atoms with Gasteiger partial charge in [-0.05, 0) is 17.2 Å². The fourth-order valence-electron chi connectivity index (χ4n) is 1.57. The van der Waals surface area contributed by atoms with Gasteiger partial charge in [0.05, 0.1) is 13.0 Å². The minimum absolute atomic E-state index is 0.152. The van der Waals surface area contributed by atoms with Gasteiger partial charge in [-0.1, -0.05) is 23.7 Å². The third-order valence-electron chi connectivity index (χ3n) is 2.21. The number of methoxy groups -OCH3 is 1. The molecule has 0 aliphatic rings. The highest BCUT2D eigenvalue weighted by molar-refractivity contribution is 6.31. The normalized spacial score (nSPS) is 12.4. The van der Waals surface area contributed by atoms with E-state index < -0.39 is 12.0 Å². The first-order chi connectivity index (χ1) is 7.56. The van der Waals surface area contributed by atoms with Crippen LogP contribution in [-0.2, 0) is 16.1 Å². The molecule has 0 aliphatic carbocycles. The number of benzene rings is 1. The van der Waals surface area contributed by atoms with Gasteiger partial charge in [0.1, 0.15) is 0 Å². The van der Waals surface area contributed by atoms with Crippen LogP contribution in [0, 0.1) is 0 Å². The van der Waals surface area contributed by atoms with Gasteiger partial charge in [-0.3, -0.25) is 4.79 Å². The maximum atomic E-state index is 10.6. The summed E-state index contributed by atoms with van der Waals surface area (Å²) >= 11 is 6.01. The van der Waals surface area contributed by atoms with Crippen molar-refractivity contribution < 1.29 is 14.6 Å². The van der Waals surface area contributed by atoms with E-state index in [0.29, 0.717) is 17.2 Å². The minimum Gasteiger partial charge on any atom is -0.481 e. The van der Waals surface area contributed by atoms with Gasteiger partial charge in [-0.25, -0.2) is 0 Å². The number of carbonyl (C=O) groups is 1. The quantitative estimate of drug-likeness (QED) is 0.829. The zero-order valence-electron chi connectivity index (χ0n) is 8.94. The van der Waals surface area contributed by atoms with Gasteiger partial charge < -0.3 is 15.6 Å². The van der Waals surface area contributed by atoms with Crippen LogP contribution >= 0.6 is 11.6 Å². The Morgan fingerprint density at radius 2 is 2.31 bits per heavy atom. The van der Waals surface area contributed by atoms with E-state index in [-0.39, 0.29) is 6.42 Å². The molecule has 3 N–H and O–H groups in total. The summed E-state index contributed by atoms with van der Waals surface area (Å²) in [6.07, 6.45) is -0.152. The monoisotopic (exact) mass is 243 g/mol. The molecule has 1 aromatic rings. The van der Waals surface area contributed by atoms with Crippen molar-refractivity contribution in [3.05, 3.63) is 34.3 Å². The molecule has 1 atom stereocenters. The smallest absolute Gasteiger partial charge is 0.305 e. The summed E-state index contributed by atoms with van der Waals surface area (Å²) in [5, 5.41) is 9.18. The highest BCUT2D eigenvalue weighted by Crippen LogP contribution is 2.27. The molecular weight excluding hydrogens is 230 g/mol. The van der Waals surface area contributed by atoms with Crippen LogP contribution in [0.4, 0.5) is 0 Å². The van der Waals surface area contributed by atoms with Crippen molar-refractivity contribution in [1.29, 1.82) is 0 Å².